The zero-order valence-electron chi connectivity index (χ0n) is 9.53. The van der Waals surface area contributed by atoms with Crippen LogP contribution in [0.15, 0.2) is 15.9 Å². The molecule has 1 unspecified atom stereocenters. The van der Waals surface area contributed by atoms with Crippen molar-refractivity contribution in [2.45, 2.75) is 30.1 Å². The lowest BCUT2D eigenvalue weighted by Gasteiger charge is -2.26. The van der Waals surface area contributed by atoms with Gasteiger partial charge in [-0.3, -0.25) is 4.79 Å². The number of carbonyl (C=O) groups is 1. The fourth-order valence-corrected chi connectivity index (χ4v) is 3.18. The second-order valence-corrected chi connectivity index (χ2v) is 5.86. The van der Waals surface area contributed by atoms with Crippen molar-refractivity contribution in [1.29, 1.82) is 0 Å². The SMILES string of the molecule is CCNC(C)(CCSc1nccs1)C(N)=O. The highest BCUT2D eigenvalue weighted by atomic mass is 32.2. The first-order valence-electron chi connectivity index (χ1n) is 5.15. The molecule has 1 aromatic rings. The first kappa shape index (κ1) is 13.5. The lowest BCUT2D eigenvalue weighted by Crippen LogP contribution is -2.53. The van der Waals surface area contributed by atoms with E-state index < -0.39 is 5.54 Å². The van der Waals surface area contributed by atoms with Crippen molar-refractivity contribution in [3.63, 3.8) is 0 Å². The number of thiazole rings is 1. The van der Waals surface area contributed by atoms with Crippen LogP contribution in [0.5, 0.6) is 0 Å². The van der Waals surface area contributed by atoms with Crippen molar-refractivity contribution in [2.75, 3.05) is 12.3 Å². The van der Waals surface area contributed by atoms with Gasteiger partial charge in [0.05, 0.1) is 5.54 Å². The number of hydrogen-bond donors (Lipinski definition) is 2. The highest BCUT2D eigenvalue weighted by Crippen LogP contribution is 2.23. The maximum atomic E-state index is 11.3. The second-order valence-electron chi connectivity index (χ2n) is 3.62. The summed E-state index contributed by atoms with van der Waals surface area (Å²) in [5.41, 5.74) is 4.78. The molecule has 0 saturated heterocycles. The second kappa shape index (κ2) is 6.22. The van der Waals surface area contributed by atoms with Crippen LogP contribution in [0.25, 0.3) is 0 Å². The van der Waals surface area contributed by atoms with Gasteiger partial charge < -0.3 is 11.1 Å². The van der Waals surface area contributed by atoms with E-state index in [0.717, 1.165) is 16.6 Å². The fourth-order valence-electron chi connectivity index (χ4n) is 1.31. The summed E-state index contributed by atoms with van der Waals surface area (Å²) in [4.78, 5) is 15.5. The quantitative estimate of drug-likeness (QED) is 0.728. The number of aromatic nitrogens is 1. The van der Waals surface area contributed by atoms with Crippen molar-refractivity contribution in [2.24, 2.45) is 5.73 Å². The maximum Gasteiger partial charge on any atom is 0.237 e. The standard InChI is InChI=1S/C10H17N3OS2/c1-3-13-10(2,8(11)14)4-6-15-9-12-5-7-16-9/h5,7,13H,3-4,6H2,1-2H3,(H2,11,14). The number of nitrogens with zero attached hydrogens (tertiary/aromatic N) is 1. The molecule has 0 aromatic carbocycles. The van der Waals surface area contributed by atoms with Gasteiger partial charge in [0.1, 0.15) is 4.34 Å². The Morgan fingerprint density at radius 2 is 2.50 bits per heavy atom. The maximum absolute atomic E-state index is 11.3. The molecule has 16 heavy (non-hydrogen) atoms. The summed E-state index contributed by atoms with van der Waals surface area (Å²) in [6.45, 7) is 4.55. The minimum absolute atomic E-state index is 0.297. The highest BCUT2D eigenvalue weighted by molar-refractivity contribution is 8.00. The Hall–Kier alpha value is -0.590. The first-order valence-corrected chi connectivity index (χ1v) is 7.02. The van der Waals surface area contributed by atoms with Gasteiger partial charge in [-0.25, -0.2) is 4.98 Å². The molecule has 0 bridgehead atoms. The Bertz CT molecular complexity index is 329. The molecule has 0 radical (unpaired) electrons. The molecule has 0 saturated carbocycles. The normalized spacial score (nSPS) is 14.6. The number of likely N-dealkylation sites (N-methyl/N-ethyl adjacent to an activating group) is 1. The van der Waals surface area contributed by atoms with Gasteiger partial charge in [0.15, 0.2) is 0 Å². The molecule has 1 atom stereocenters. The molecule has 0 fully saturated rings. The summed E-state index contributed by atoms with van der Waals surface area (Å²) in [7, 11) is 0. The third kappa shape index (κ3) is 3.77. The molecule has 0 aliphatic rings. The molecule has 1 rings (SSSR count). The average Bonchev–Trinajstić information content (AvgIpc) is 2.70. The van der Waals surface area contributed by atoms with Crippen molar-refractivity contribution in [3.8, 4) is 0 Å². The summed E-state index contributed by atoms with van der Waals surface area (Å²) >= 11 is 3.27. The molecule has 90 valence electrons. The van der Waals surface area contributed by atoms with E-state index in [4.69, 9.17) is 5.73 Å². The molecule has 3 N–H and O–H groups in total. The van der Waals surface area contributed by atoms with Crippen molar-refractivity contribution in [1.82, 2.24) is 10.3 Å². The Balaban J connectivity index is 2.41. The third-order valence-electron chi connectivity index (χ3n) is 2.35. The number of thioether (sulfide) groups is 1. The zero-order valence-corrected chi connectivity index (χ0v) is 11.2. The zero-order chi connectivity index (χ0) is 12.0. The fraction of sp³-hybridized carbons (Fsp3) is 0.600. The van der Waals surface area contributed by atoms with E-state index in [-0.39, 0.29) is 5.91 Å². The lowest BCUT2D eigenvalue weighted by atomic mass is 9.98. The topological polar surface area (TPSA) is 68.0 Å². The number of rotatable bonds is 7. The van der Waals surface area contributed by atoms with E-state index in [1.165, 1.54) is 0 Å². The third-order valence-corrected chi connectivity index (χ3v) is 4.32. The molecule has 1 heterocycles. The predicted octanol–water partition coefficient (Wildman–Crippen LogP) is 1.48. The summed E-state index contributed by atoms with van der Waals surface area (Å²) in [5, 5.41) is 5.08. The Labute approximate surface area is 104 Å². The number of carbonyl (C=O) groups excluding carboxylic acids is 1. The highest BCUT2D eigenvalue weighted by Gasteiger charge is 2.29. The summed E-state index contributed by atoms with van der Waals surface area (Å²) in [6.07, 6.45) is 2.49. The Morgan fingerprint density at radius 1 is 1.75 bits per heavy atom. The van der Waals surface area contributed by atoms with Gasteiger partial charge in [-0.1, -0.05) is 18.7 Å². The minimum atomic E-state index is -0.612. The van der Waals surface area contributed by atoms with Crippen molar-refractivity contribution < 1.29 is 4.79 Å². The lowest BCUT2D eigenvalue weighted by molar-refractivity contribution is -0.123. The van der Waals surface area contributed by atoms with Crippen LogP contribution < -0.4 is 11.1 Å². The molecule has 6 heteroatoms. The summed E-state index contributed by atoms with van der Waals surface area (Å²) in [5.74, 6) is 0.536. The monoisotopic (exact) mass is 259 g/mol. The summed E-state index contributed by atoms with van der Waals surface area (Å²) < 4.78 is 1.03. The van der Waals surface area contributed by atoms with Crippen LogP contribution in [-0.4, -0.2) is 28.7 Å². The van der Waals surface area contributed by atoms with Crippen LogP contribution in [-0.2, 0) is 4.79 Å². The number of primary amides is 1. The smallest absolute Gasteiger partial charge is 0.237 e. The van der Waals surface area contributed by atoms with E-state index in [0.29, 0.717) is 6.42 Å². The van der Waals surface area contributed by atoms with Gasteiger partial charge in [-0.05, 0) is 19.9 Å². The van der Waals surface area contributed by atoms with Crippen LogP contribution >= 0.6 is 23.1 Å². The van der Waals surface area contributed by atoms with Gasteiger partial charge in [0.25, 0.3) is 0 Å². The summed E-state index contributed by atoms with van der Waals surface area (Å²) in [6, 6.07) is 0. The van der Waals surface area contributed by atoms with E-state index >= 15 is 0 Å². The molecule has 0 aliphatic heterocycles. The molecule has 1 amide bonds. The van der Waals surface area contributed by atoms with E-state index in [1.807, 2.05) is 19.2 Å². The van der Waals surface area contributed by atoms with Crippen LogP contribution in [0.4, 0.5) is 0 Å². The molecule has 0 aliphatic carbocycles. The van der Waals surface area contributed by atoms with Crippen LogP contribution in [0.2, 0.25) is 0 Å². The molecular formula is C10H17N3OS2. The van der Waals surface area contributed by atoms with Gasteiger partial charge in [0, 0.05) is 17.3 Å². The number of amides is 1. The van der Waals surface area contributed by atoms with Crippen molar-refractivity contribution in [3.05, 3.63) is 11.6 Å². The van der Waals surface area contributed by atoms with Crippen LogP contribution in [0.3, 0.4) is 0 Å². The largest absolute Gasteiger partial charge is 0.368 e. The average molecular weight is 259 g/mol. The van der Waals surface area contributed by atoms with Gasteiger partial charge in [-0.2, -0.15) is 0 Å². The first-order chi connectivity index (χ1) is 7.58. The van der Waals surface area contributed by atoms with Gasteiger partial charge in [0.2, 0.25) is 5.91 Å². The van der Waals surface area contributed by atoms with Gasteiger partial charge >= 0.3 is 0 Å². The van der Waals surface area contributed by atoms with E-state index in [9.17, 15) is 4.79 Å². The Morgan fingerprint density at radius 3 is 3.00 bits per heavy atom. The molecule has 4 nitrogen and oxygen atoms in total. The number of nitrogens with two attached hydrogens (primary N) is 1. The van der Waals surface area contributed by atoms with Crippen molar-refractivity contribution >= 4 is 29.0 Å². The number of hydrogen-bond acceptors (Lipinski definition) is 5. The predicted molar refractivity (Wildman–Crippen MR) is 68.7 cm³/mol. The van der Waals surface area contributed by atoms with Gasteiger partial charge in [-0.15, -0.1) is 11.3 Å². The molecule has 0 spiro atoms. The van der Waals surface area contributed by atoms with E-state index in [1.54, 1.807) is 29.3 Å². The van der Waals surface area contributed by atoms with Crippen LogP contribution in [0, 0.1) is 0 Å². The van der Waals surface area contributed by atoms with Crippen LogP contribution in [0.1, 0.15) is 20.3 Å². The van der Waals surface area contributed by atoms with E-state index in [2.05, 4.69) is 10.3 Å². The molecule has 1 aromatic heterocycles. The Kier molecular flexibility index (Phi) is 5.24. The number of nitrogens with one attached hydrogen (secondary N) is 1. The minimum Gasteiger partial charge on any atom is -0.368 e. The molecular weight excluding hydrogens is 242 g/mol.